The average molecular weight is 342 g/mol. The Balaban J connectivity index is 2.02. The number of halogens is 1. The highest BCUT2D eigenvalue weighted by Crippen LogP contribution is 2.38. The molecule has 0 radical (unpaired) electrons. The molecule has 0 aliphatic carbocycles. The van der Waals surface area contributed by atoms with Crippen molar-refractivity contribution in [3.05, 3.63) is 35.4 Å². The molecular formula is C13H15IN2O. The number of nitrogens with zero attached hydrogens (tertiary/aromatic N) is 1. The number of carbonyl (C=O) groups excluding carboxylic acids is 1. The van der Waals surface area contributed by atoms with E-state index in [0.29, 0.717) is 6.42 Å². The topological polar surface area (TPSA) is 32.3 Å². The molecule has 1 saturated heterocycles. The van der Waals surface area contributed by atoms with Crippen LogP contribution in [0.3, 0.4) is 0 Å². The molecule has 1 aromatic rings. The molecule has 4 heteroatoms. The molecule has 1 aromatic carbocycles. The monoisotopic (exact) mass is 342 g/mol. The Morgan fingerprint density at radius 3 is 2.71 bits per heavy atom. The number of amides is 1. The van der Waals surface area contributed by atoms with Crippen molar-refractivity contribution in [2.75, 3.05) is 13.1 Å². The summed E-state index contributed by atoms with van der Waals surface area (Å²) >= 11 is 2.36. The SMILES string of the molecule is O=C1Cc2ccccc2C2(CCN(I)CC2)N1. The maximum absolute atomic E-state index is 11.9. The highest BCUT2D eigenvalue weighted by Gasteiger charge is 2.41. The van der Waals surface area contributed by atoms with Crippen molar-refractivity contribution in [2.45, 2.75) is 24.8 Å². The average Bonchev–Trinajstić information content (AvgIpc) is 2.33. The summed E-state index contributed by atoms with van der Waals surface area (Å²) in [4.78, 5) is 11.9. The molecule has 2 aliphatic rings. The lowest BCUT2D eigenvalue weighted by molar-refractivity contribution is -0.123. The number of piperidine rings is 1. The predicted molar refractivity (Wildman–Crippen MR) is 74.8 cm³/mol. The lowest BCUT2D eigenvalue weighted by atomic mass is 9.76. The van der Waals surface area contributed by atoms with Gasteiger partial charge in [0.05, 0.1) is 12.0 Å². The first-order chi connectivity index (χ1) is 8.20. The van der Waals surface area contributed by atoms with Gasteiger partial charge in [0.1, 0.15) is 0 Å². The first kappa shape index (κ1) is 11.5. The van der Waals surface area contributed by atoms with Crippen LogP contribution in [0.4, 0.5) is 0 Å². The lowest BCUT2D eigenvalue weighted by Crippen LogP contribution is -2.54. The lowest BCUT2D eigenvalue weighted by Gasteiger charge is -2.44. The summed E-state index contributed by atoms with van der Waals surface area (Å²) in [5, 5.41) is 3.24. The van der Waals surface area contributed by atoms with Crippen LogP contribution in [-0.4, -0.2) is 22.1 Å². The number of rotatable bonds is 0. The van der Waals surface area contributed by atoms with E-state index in [1.807, 2.05) is 6.07 Å². The largest absolute Gasteiger partial charge is 0.346 e. The Labute approximate surface area is 115 Å². The van der Waals surface area contributed by atoms with Gasteiger partial charge in [-0.15, -0.1) is 0 Å². The van der Waals surface area contributed by atoms with Crippen LogP contribution in [0, 0.1) is 0 Å². The fourth-order valence-corrected chi connectivity index (χ4v) is 3.43. The van der Waals surface area contributed by atoms with Crippen LogP contribution in [0.15, 0.2) is 24.3 Å². The van der Waals surface area contributed by atoms with E-state index < -0.39 is 0 Å². The van der Waals surface area contributed by atoms with Gasteiger partial charge in [0.2, 0.25) is 5.91 Å². The molecule has 0 unspecified atom stereocenters. The zero-order valence-electron chi connectivity index (χ0n) is 9.58. The van der Waals surface area contributed by atoms with Crippen molar-refractivity contribution in [1.82, 2.24) is 8.43 Å². The first-order valence-electron chi connectivity index (χ1n) is 6.00. The number of carbonyl (C=O) groups is 1. The Morgan fingerprint density at radius 2 is 1.94 bits per heavy atom. The molecule has 0 atom stereocenters. The third-order valence-electron chi connectivity index (χ3n) is 3.83. The highest BCUT2D eigenvalue weighted by atomic mass is 127. The minimum absolute atomic E-state index is 0.104. The number of hydrogen-bond donors (Lipinski definition) is 1. The van der Waals surface area contributed by atoms with Crippen LogP contribution in [0.25, 0.3) is 0 Å². The molecule has 90 valence electrons. The van der Waals surface area contributed by atoms with Crippen LogP contribution in [0.1, 0.15) is 24.0 Å². The van der Waals surface area contributed by atoms with Crippen LogP contribution >= 0.6 is 22.9 Å². The molecule has 17 heavy (non-hydrogen) atoms. The van der Waals surface area contributed by atoms with E-state index in [0.717, 1.165) is 25.9 Å². The molecule has 1 amide bonds. The summed E-state index contributed by atoms with van der Waals surface area (Å²) < 4.78 is 2.30. The van der Waals surface area contributed by atoms with E-state index in [1.165, 1.54) is 11.1 Å². The fraction of sp³-hybridized carbons (Fsp3) is 0.462. The van der Waals surface area contributed by atoms with Gasteiger partial charge in [0.15, 0.2) is 0 Å². The van der Waals surface area contributed by atoms with Crippen LogP contribution < -0.4 is 5.32 Å². The second-order valence-electron chi connectivity index (χ2n) is 4.87. The summed E-state index contributed by atoms with van der Waals surface area (Å²) in [7, 11) is 0. The Morgan fingerprint density at radius 1 is 1.24 bits per heavy atom. The molecule has 2 heterocycles. The van der Waals surface area contributed by atoms with Crippen LogP contribution in [-0.2, 0) is 16.8 Å². The maximum atomic E-state index is 11.9. The molecular weight excluding hydrogens is 327 g/mol. The fourth-order valence-electron chi connectivity index (χ4n) is 2.95. The van der Waals surface area contributed by atoms with Gasteiger partial charge in [-0.05, 0) is 24.0 Å². The molecule has 0 saturated carbocycles. The van der Waals surface area contributed by atoms with Gasteiger partial charge in [-0.25, -0.2) is 3.11 Å². The standard InChI is InChI=1S/C13H15IN2O/c14-16-7-5-13(6-8-16)11-4-2-1-3-10(11)9-12(17)15-13/h1-4H,5-9H2,(H,15,17). The van der Waals surface area contributed by atoms with Crippen molar-refractivity contribution >= 4 is 28.8 Å². The van der Waals surface area contributed by atoms with Gasteiger partial charge in [-0.1, -0.05) is 24.3 Å². The summed E-state index contributed by atoms with van der Waals surface area (Å²) in [6.07, 6.45) is 2.56. The number of nitrogens with one attached hydrogen (secondary N) is 1. The van der Waals surface area contributed by atoms with Gasteiger partial charge in [-0.3, -0.25) is 4.79 Å². The van der Waals surface area contributed by atoms with Gasteiger partial charge in [0, 0.05) is 36.0 Å². The highest BCUT2D eigenvalue weighted by molar-refractivity contribution is 14.1. The van der Waals surface area contributed by atoms with E-state index in [-0.39, 0.29) is 11.4 Å². The molecule has 0 bridgehead atoms. The molecule has 0 aromatic heterocycles. The van der Waals surface area contributed by atoms with Crippen molar-refractivity contribution in [2.24, 2.45) is 0 Å². The predicted octanol–water partition coefficient (Wildman–Crippen LogP) is 2.00. The van der Waals surface area contributed by atoms with E-state index >= 15 is 0 Å². The molecule has 2 aliphatic heterocycles. The minimum Gasteiger partial charge on any atom is -0.346 e. The molecule has 1 spiro atoms. The summed E-state index contributed by atoms with van der Waals surface area (Å²) in [6.45, 7) is 2.07. The molecule has 1 N–H and O–H groups in total. The third kappa shape index (κ3) is 1.97. The summed E-state index contributed by atoms with van der Waals surface area (Å²) in [6, 6.07) is 8.37. The van der Waals surface area contributed by atoms with Crippen molar-refractivity contribution < 1.29 is 4.79 Å². The van der Waals surface area contributed by atoms with E-state index in [4.69, 9.17) is 0 Å². The van der Waals surface area contributed by atoms with E-state index in [2.05, 4.69) is 49.5 Å². The van der Waals surface area contributed by atoms with Crippen LogP contribution in [0.2, 0.25) is 0 Å². The number of benzene rings is 1. The second-order valence-corrected chi connectivity index (χ2v) is 6.24. The van der Waals surface area contributed by atoms with Crippen LogP contribution in [0.5, 0.6) is 0 Å². The Bertz CT molecular complexity index is 452. The van der Waals surface area contributed by atoms with Gasteiger partial charge < -0.3 is 5.32 Å². The van der Waals surface area contributed by atoms with Crippen molar-refractivity contribution in [3.63, 3.8) is 0 Å². The minimum atomic E-state index is -0.104. The normalized spacial score (nSPS) is 23.2. The third-order valence-corrected chi connectivity index (χ3v) is 4.79. The zero-order chi connectivity index (χ0) is 11.9. The summed E-state index contributed by atoms with van der Waals surface area (Å²) in [5.74, 6) is 0.172. The van der Waals surface area contributed by atoms with E-state index in [1.54, 1.807) is 0 Å². The Kier molecular flexibility index (Phi) is 2.86. The maximum Gasteiger partial charge on any atom is 0.225 e. The van der Waals surface area contributed by atoms with Crippen molar-refractivity contribution in [3.8, 4) is 0 Å². The molecule has 3 rings (SSSR count). The number of fused-ring (bicyclic) bond motifs is 2. The van der Waals surface area contributed by atoms with Crippen molar-refractivity contribution in [1.29, 1.82) is 0 Å². The number of hydrogen-bond acceptors (Lipinski definition) is 2. The van der Waals surface area contributed by atoms with E-state index in [9.17, 15) is 4.79 Å². The first-order valence-corrected chi connectivity index (χ1v) is 6.96. The molecule has 3 nitrogen and oxygen atoms in total. The van der Waals surface area contributed by atoms with Gasteiger partial charge >= 0.3 is 0 Å². The quantitative estimate of drug-likeness (QED) is 0.578. The summed E-state index contributed by atoms with van der Waals surface area (Å²) in [5.41, 5.74) is 2.44. The smallest absolute Gasteiger partial charge is 0.225 e. The van der Waals surface area contributed by atoms with Gasteiger partial charge in [-0.2, -0.15) is 0 Å². The zero-order valence-corrected chi connectivity index (χ0v) is 11.7. The second kappa shape index (κ2) is 4.24. The Hall–Kier alpha value is -0.620. The van der Waals surface area contributed by atoms with Gasteiger partial charge in [0.25, 0.3) is 0 Å². The molecule has 1 fully saturated rings.